The highest BCUT2D eigenvalue weighted by Gasteiger charge is 2.26. The van der Waals surface area contributed by atoms with Crippen LogP contribution in [0.4, 0.5) is 8.78 Å². The van der Waals surface area contributed by atoms with Crippen LogP contribution in [-0.2, 0) is 15.6 Å². The summed E-state index contributed by atoms with van der Waals surface area (Å²) in [4.78, 5) is 10.8. The zero-order valence-electron chi connectivity index (χ0n) is 9.31. The lowest BCUT2D eigenvalue weighted by Gasteiger charge is -2.15. The summed E-state index contributed by atoms with van der Waals surface area (Å²) in [6.07, 6.45) is 0. The van der Waals surface area contributed by atoms with Crippen LogP contribution in [0.15, 0.2) is 23.1 Å². The summed E-state index contributed by atoms with van der Waals surface area (Å²) in [5.74, 6) is -4.02. The average molecular weight is 262 g/mol. The first kappa shape index (κ1) is 13.8. The molecule has 0 saturated carbocycles. The van der Waals surface area contributed by atoms with Gasteiger partial charge in [0.05, 0.1) is 16.7 Å². The molecule has 1 rings (SSSR count). The topological polar surface area (TPSA) is 54.4 Å². The summed E-state index contributed by atoms with van der Waals surface area (Å²) in [5.41, 5.74) is 0. The van der Waals surface area contributed by atoms with Crippen LogP contribution in [0.2, 0.25) is 0 Å². The van der Waals surface area contributed by atoms with E-state index in [1.165, 1.54) is 19.9 Å². The SMILES string of the molecule is CC(C(=O)O)C(C)S(=O)c1ccc(F)c(F)c1. The third-order valence-electron chi connectivity index (χ3n) is 2.55. The van der Waals surface area contributed by atoms with E-state index in [9.17, 15) is 17.8 Å². The van der Waals surface area contributed by atoms with Crippen molar-refractivity contribution in [3.63, 3.8) is 0 Å². The van der Waals surface area contributed by atoms with Gasteiger partial charge in [-0.2, -0.15) is 0 Å². The fourth-order valence-corrected chi connectivity index (χ4v) is 2.54. The van der Waals surface area contributed by atoms with Crippen LogP contribution in [0.1, 0.15) is 13.8 Å². The second kappa shape index (κ2) is 5.35. The number of halogens is 2. The fourth-order valence-electron chi connectivity index (χ4n) is 1.20. The molecule has 3 unspecified atom stereocenters. The van der Waals surface area contributed by atoms with Gasteiger partial charge in [-0.25, -0.2) is 8.78 Å². The normalized spacial score (nSPS) is 16.2. The van der Waals surface area contributed by atoms with E-state index in [1.54, 1.807) is 0 Å². The van der Waals surface area contributed by atoms with Crippen LogP contribution in [-0.4, -0.2) is 20.5 Å². The van der Waals surface area contributed by atoms with Gasteiger partial charge in [-0.3, -0.25) is 9.00 Å². The van der Waals surface area contributed by atoms with Crippen LogP contribution >= 0.6 is 0 Å². The van der Waals surface area contributed by atoms with Gasteiger partial charge >= 0.3 is 5.97 Å². The summed E-state index contributed by atoms with van der Waals surface area (Å²) in [6.45, 7) is 2.92. The van der Waals surface area contributed by atoms with Crippen LogP contribution in [0.5, 0.6) is 0 Å². The Bertz CT molecular complexity index is 462. The van der Waals surface area contributed by atoms with E-state index < -0.39 is 39.6 Å². The van der Waals surface area contributed by atoms with Crippen molar-refractivity contribution in [1.82, 2.24) is 0 Å². The molecule has 94 valence electrons. The minimum atomic E-state index is -1.68. The molecule has 0 saturated heterocycles. The minimum Gasteiger partial charge on any atom is -0.481 e. The molecule has 1 aromatic rings. The van der Waals surface area contributed by atoms with Gasteiger partial charge in [0.15, 0.2) is 11.6 Å². The molecule has 0 aliphatic carbocycles. The molecule has 0 aliphatic heterocycles. The van der Waals surface area contributed by atoms with Crippen molar-refractivity contribution in [2.45, 2.75) is 24.0 Å². The molecule has 0 heterocycles. The summed E-state index contributed by atoms with van der Waals surface area (Å²) in [6, 6.07) is 2.90. The maximum atomic E-state index is 12.9. The Morgan fingerprint density at radius 2 is 1.88 bits per heavy atom. The predicted molar refractivity (Wildman–Crippen MR) is 59.0 cm³/mol. The third kappa shape index (κ3) is 3.09. The molecule has 3 atom stereocenters. The van der Waals surface area contributed by atoms with Crippen molar-refractivity contribution in [3.05, 3.63) is 29.8 Å². The van der Waals surface area contributed by atoms with Gasteiger partial charge in [0.1, 0.15) is 0 Å². The highest BCUT2D eigenvalue weighted by Crippen LogP contribution is 2.19. The number of aliphatic carboxylic acids is 1. The smallest absolute Gasteiger partial charge is 0.307 e. The number of benzene rings is 1. The van der Waals surface area contributed by atoms with Crippen molar-refractivity contribution in [1.29, 1.82) is 0 Å². The summed E-state index contributed by atoms with van der Waals surface area (Å²) in [7, 11) is -1.68. The summed E-state index contributed by atoms with van der Waals surface area (Å²) in [5, 5.41) is 8.10. The molecule has 3 nitrogen and oxygen atoms in total. The van der Waals surface area contributed by atoms with Gasteiger partial charge in [0, 0.05) is 10.1 Å². The van der Waals surface area contributed by atoms with E-state index in [2.05, 4.69) is 0 Å². The molecule has 17 heavy (non-hydrogen) atoms. The Labute approximate surface area is 99.9 Å². The van der Waals surface area contributed by atoms with E-state index in [0.717, 1.165) is 12.1 Å². The zero-order valence-corrected chi connectivity index (χ0v) is 10.1. The lowest BCUT2D eigenvalue weighted by molar-refractivity contribution is -0.141. The first-order valence-corrected chi connectivity index (χ1v) is 6.14. The maximum absolute atomic E-state index is 12.9. The predicted octanol–water partition coefficient (Wildman–Crippen LogP) is 2.18. The Balaban J connectivity index is 2.96. The van der Waals surface area contributed by atoms with Gasteiger partial charge in [0.2, 0.25) is 0 Å². The van der Waals surface area contributed by atoms with Crippen molar-refractivity contribution >= 4 is 16.8 Å². The van der Waals surface area contributed by atoms with E-state index in [-0.39, 0.29) is 4.90 Å². The van der Waals surface area contributed by atoms with Crippen LogP contribution in [0.25, 0.3) is 0 Å². The molecule has 0 spiro atoms. The summed E-state index contributed by atoms with van der Waals surface area (Å²) < 4.78 is 37.5. The quantitative estimate of drug-likeness (QED) is 0.904. The average Bonchev–Trinajstić information content (AvgIpc) is 2.29. The van der Waals surface area contributed by atoms with E-state index in [1.807, 2.05) is 0 Å². The summed E-state index contributed by atoms with van der Waals surface area (Å²) >= 11 is 0. The Morgan fingerprint density at radius 1 is 1.29 bits per heavy atom. The van der Waals surface area contributed by atoms with Crippen molar-refractivity contribution in [3.8, 4) is 0 Å². The number of rotatable bonds is 4. The molecule has 0 aliphatic rings. The lowest BCUT2D eigenvalue weighted by Crippen LogP contribution is -2.27. The Hall–Kier alpha value is -1.30. The molecule has 0 amide bonds. The lowest BCUT2D eigenvalue weighted by atomic mass is 10.1. The van der Waals surface area contributed by atoms with Crippen molar-refractivity contribution < 1.29 is 22.9 Å². The van der Waals surface area contributed by atoms with E-state index in [4.69, 9.17) is 5.11 Å². The number of hydrogen-bond acceptors (Lipinski definition) is 2. The largest absolute Gasteiger partial charge is 0.481 e. The van der Waals surface area contributed by atoms with Gasteiger partial charge in [0.25, 0.3) is 0 Å². The minimum absolute atomic E-state index is 0.0875. The first-order valence-electron chi connectivity index (χ1n) is 4.93. The second-order valence-corrected chi connectivity index (χ2v) is 5.52. The molecule has 0 radical (unpaired) electrons. The highest BCUT2D eigenvalue weighted by atomic mass is 32.2. The molecular weight excluding hydrogens is 250 g/mol. The van der Waals surface area contributed by atoms with Gasteiger partial charge in [-0.1, -0.05) is 6.92 Å². The number of carbonyl (C=O) groups is 1. The number of carboxylic acids is 1. The molecule has 0 bridgehead atoms. The Kier molecular flexibility index (Phi) is 4.34. The van der Waals surface area contributed by atoms with Crippen LogP contribution < -0.4 is 0 Å². The molecule has 1 aromatic carbocycles. The standard InChI is InChI=1S/C11H12F2O3S/c1-6(11(14)15)7(2)17(16)8-3-4-9(12)10(13)5-8/h3-7H,1-2H3,(H,14,15). The van der Waals surface area contributed by atoms with Gasteiger partial charge < -0.3 is 5.11 Å². The molecular formula is C11H12F2O3S. The van der Waals surface area contributed by atoms with Crippen molar-refractivity contribution in [2.24, 2.45) is 5.92 Å². The zero-order chi connectivity index (χ0) is 13.2. The maximum Gasteiger partial charge on any atom is 0.307 e. The van der Waals surface area contributed by atoms with E-state index in [0.29, 0.717) is 0 Å². The number of hydrogen-bond donors (Lipinski definition) is 1. The first-order chi connectivity index (χ1) is 7.84. The van der Waals surface area contributed by atoms with Crippen LogP contribution in [0.3, 0.4) is 0 Å². The Morgan fingerprint density at radius 3 is 2.35 bits per heavy atom. The van der Waals surface area contributed by atoms with E-state index >= 15 is 0 Å². The monoisotopic (exact) mass is 262 g/mol. The third-order valence-corrected chi connectivity index (χ3v) is 4.36. The van der Waals surface area contributed by atoms with Gasteiger partial charge in [-0.15, -0.1) is 0 Å². The molecule has 1 N–H and O–H groups in total. The fraction of sp³-hybridized carbons (Fsp3) is 0.364. The highest BCUT2D eigenvalue weighted by molar-refractivity contribution is 7.85. The van der Waals surface area contributed by atoms with Crippen molar-refractivity contribution in [2.75, 3.05) is 0 Å². The number of carboxylic acid groups (broad SMARTS) is 1. The molecule has 6 heteroatoms. The van der Waals surface area contributed by atoms with Gasteiger partial charge in [-0.05, 0) is 25.1 Å². The second-order valence-electron chi connectivity index (χ2n) is 3.71. The van der Waals surface area contributed by atoms with Crippen LogP contribution in [0, 0.1) is 17.6 Å². The molecule has 0 aromatic heterocycles. The molecule has 0 fully saturated rings.